The van der Waals surface area contributed by atoms with Gasteiger partial charge in [0.25, 0.3) is 0 Å². The SMILES string of the molecule is Clc1ccc(Nc2cnnc(N3CCCC3)n2)cc1Cl. The standard InChI is InChI=1S/C13H13Cl2N5/c14-10-4-3-9(7-11(10)15)17-12-8-16-19-13(18-12)20-5-1-2-6-20/h3-4,7-8H,1-2,5-6H2,(H,17,18,19). The van der Waals surface area contributed by atoms with Gasteiger partial charge < -0.3 is 10.2 Å². The number of aromatic nitrogens is 3. The predicted octanol–water partition coefficient (Wildman–Crippen LogP) is 3.52. The van der Waals surface area contributed by atoms with Gasteiger partial charge in [0.15, 0.2) is 5.82 Å². The molecule has 1 fully saturated rings. The lowest BCUT2D eigenvalue weighted by Gasteiger charge is -2.15. The van der Waals surface area contributed by atoms with Crippen molar-refractivity contribution in [2.75, 3.05) is 23.3 Å². The van der Waals surface area contributed by atoms with Crippen LogP contribution in [0, 0.1) is 0 Å². The van der Waals surface area contributed by atoms with E-state index in [-0.39, 0.29) is 0 Å². The zero-order valence-corrected chi connectivity index (χ0v) is 12.2. The molecule has 0 aliphatic carbocycles. The summed E-state index contributed by atoms with van der Waals surface area (Å²) in [4.78, 5) is 6.60. The summed E-state index contributed by atoms with van der Waals surface area (Å²) >= 11 is 11.9. The van der Waals surface area contributed by atoms with Crippen molar-refractivity contribution in [2.45, 2.75) is 12.8 Å². The van der Waals surface area contributed by atoms with E-state index in [1.54, 1.807) is 18.3 Å². The molecule has 0 radical (unpaired) electrons. The number of nitrogens with zero attached hydrogens (tertiary/aromatic N) is 4. The van der Waals surface area contributed by atoms with Gasteiger partial charge in [-0.1, -0.05) is 23.2 Å². The molecule has 1 aromatic carbocycles. The normalized spacial score (nSPS) is 14.6. The molecule has 0 saturated carbocycles. The molecule has 2 aromatic rings. The lowest BCUT2D eigenvalue weighted by Crippen LogP contribution is -2.21. The lowest BCUT2D eigenvalue weighted by molar-refractivity contribution is 0.852. The van der Waals surface area contributed by atoms with Crippen LogP contribution in [0.4, 0.5) is 17.5 Å². The Labute approximate surface area is 126 Å². The summed E-state index contributed by atoms with van der Waals surface area (Å²) in [6.45, 7) is 1.97. The molecule has 0 atom stereocenters. The minimum atomic E-state index is 0.499. The fourth-order valence-electron chi connectivity index (χ4n) is 2.13. The average Bonchev–Trinajstić information content (AvgIpc) is 2.97. The van der Waals surface area contributed by atoms with E-state index < -0.39 is 0 Å². The molecule has 0 bridgehead atoms. The fraction of sp³-hybridized carbons (Fsp3) is 0.308. The molecule has 1 N–H and O–H groups in total. The van der Waals surface area contributed by atoms with Crippen LogP contribution in [-0.4, -0.2) is 28.3 Å². The first-order valence-electron chi connectivity index (χ1n) is 6.39. The van der Waals surface area contributed by atoms with Crippen LogP contribution in [0.2, 0.25) is 10.0 Å². The second-order valence-electron chi connectivity index (χ2n) is 4.59. The first-order valence-corrected chi connectivity index (χ1v) is 7.15. The number of hydrogen-bond donors (Lipinski definition) is 1. The van der Waals surface area contributed by atoms with Crippen LogP contribution in [0.15, 0.2) is 24.4 Å². The average molecular weight is 310 g/mol. The third kappa shape index (κ3) is 2.94. The van der Waals surface area contributed by atoms with Crippen molar-refractivity contribution in [3.63, 3.8) is 0 Å². The van der Waals surface area contributed by atoms with Crippen molar-refractivity contribution < 1.29 is 0 Å². The topological polar surface area (TPSA) is 53.9 Å². The molecule has 20 heavy (non-hydrogen) atoms. The lowest BCUT2D eigenvalue weighted by atomic mass is 10.3. The molecule has 2 heterocycles. The molecule has 1 saturated heterocycles. The summed E-state index contributed by atoms with van der Waals surface area (Å²) in [6, 6.07) is 5.33. The molecule has 1 aliphatic rings. The number of hydrogen-bond acceptors (Lipinski definition) is 5. The Morgan fingerprint density at radius 3 is 2.65 bits per heavy atom. The molecular formula is C13H13Cl2N5. The Kier molecular flexibility index (Phi) is 3.89. The quantitative estimate of drug-likeness (QED) is 0.940. The van der Waals surface area contributed by atoms with Crippen molar-refractivity contribution in [1.29, 1.82) is 0 Å². The zero-order valence-electron chi connectivity index (χ0n) is 10.7. The zero-order chi connectivity index (χ0) is 13.9. The summed E-state index contributed by atoms with van der Waals surface area (Å²) in [7, 11) is 0. The monoisotopic (exact) mass is 309 g/mol. The minimum absolute atomic E-state index is 0.499. The van der Waals surface area contributed by atoms with Gasteiger partial charge in [-0.2, -0.15) is 10.1 Å². The van der Waals surface area contributed by atoms with Crippen molar-refractivity contribution >= 4 is 40.7 Å². The number of rotatable bonds is 3. The van der Waals surface area contributed by atoms with E-state index in [2.05, 4.69) is 25.4 Å². The minimum Gasteiger partial charge on any atom is -0.339 e. The van der Waals surface area contributed by atoms with Crippen LogP contribution in [0.25, 0.3) is 0 Å². The van der Waals surface area contributed by atoms with Gasteiger partial charge in [0.05, 0.1) is 16.2 Å². The van der Waals surface area contributed by atoms with Crippen LogP contribution >= 0.6 is 23.2 Å². The Hall–Kier alpha value is -1.59. The van der Waals surface area contributed by atoms with E-state index in [0.29, 0.717) is 21.8 Å². The van der Waals surface area contributed by atoms with Gasteiger partial charge in [-0.25, -0.2) is 0 Å². The van der Waals surface area contributed by atoms with Crippen LogP contribution in [0.3, 0.4) is 0 Å². The summed E-state index contributed by atoms with van der Waals surface area (Å²) in [5.74, 6) is 1.30. The molecule has 0 amide bonds. The maximum Gasteiger partial charge on any atom is 0.247 e. The maximum atomic E-state index is 5.99. The van der Waals surface area contributed by atoms with Crippen LogP contribution in [-0.2, 0) is 0 Å². The van der Waals surface area contributed by atoms with Crippen molar-refractivity contribution in [2.24, 2.45) is 0 Å². The molecular weight excluding hydrogens is 297 g/mol. The smallest absolute Gasteiger partial charge is 0.247 e. The summed E-state index contributed by atoms with van der Waals surface area (Å²) in [5.41, 5.74) is 0.812. The second kappa shape index (κ2) is 5.81. The highest BCUT2D eigenvalue weighted by Crippen LogP contribution is 2.26. The summed E-state index contributed by atoms with van der Waals surface area (Å²) < 4.78 is 0. The van der Waals surface area contributed by atoms with Gasteiger partial charge in [0.1, 0.15) is 0 Å². The Morgan fingerprint density at radius 2 is 1.90 bits per heavy atom. The van der Waals surface area contributed by atoms with E-state index >= 15 is 0 Å². The van der Waals surface area contributed by atoms with Gasteiger partial charge >= 0.3 is 0 Å². The highest BCUT2D eigenvalue weighted by molar-refractivity contribution is 6.42. The first-order chi connectivity index (χ1) is 9.72. The van der Waals surface area contributed by atoms with E-state index in [1.165, 1.54) is 12.8 Å². The Bertz CT molecular complexity index is 613. The van der Waals surface area contributed by atoms with Gasteiger partial charge in [-0.05, 0) is 31.0 Å². The molecule has 3 rings (SSSR count). The second-order valence-corrected chi connectivity index (χ2v) is 5.40. The highest BCUT2D eigenvalue weighted by atomic mass is 35.5. The van der Waals surface area contributed by atoms with Crippen LogP contribution < -0.4 is 10.2 Å². The van der Waals surface area contributed by atoms with Gasteiger partial charge in [-0.3, -0.25) is 0 Å². The maximum absolute atomic E-state index is 5.99. The van der Waals surface area contributed by atoms with Crippen LogP contribution in [0.1, 0.15) is 12.8 Å². The predicted molar refractivity (Wildman–Crippen MR) is 81.0 cm³/mol. The highest BCUT2D eigenvalue weighted by Gasteiger charge is 2.15. The molecule has 1 aromatic heterocycles. The molecule has 0 unspecified atom stereocenters. The summed E-state index contributed by atoms with van der Waals surface area (Å²) in [6.07, 6.45) is 3.93. The number of halogens is 2. The summed E-state index contributed by atoms with van der Waals surface area (Å²) in [5, 5.41) is 12.2. The first kappa shape index (κ1) is 13.4. The van der Waals surface area contributed by atoms with Crippen molar-refractivity contribution in [3.05, 3.63) is 34.4 Å². The van der Waals surface area contributed by atoms with Crippen molar-refractivity contribution in [3.8, 4) is 0 Å². The van der Waals surface area contributed by atoms with E-state index in [9.17, 15) is 0 Å². The molecule has 0 spiro atoms. The Balaban J connectivity index is 1.79. The number of anilines is 3. The van der Waals surface area contributed by atoms with Crippen LogP contribution in [0.5, 0.6) is 0 Å². The molecule has 104 valence electrons. The molecule has 5 nitrogen and oxygen atoms in total. The van der Waals surface area contributed by atoms with E-state index in [0.717, 1.165) is 18.8 Å². The van der Waals surface area contributed by atoms with Gasteiger partial charge in [0, 0.05) is 18.8 Å². The van der Waals surface area contributed by atoms with Gasteiger partial charge in [-0.15, -0.1) is 5.10 Å². The van der Waals surface area contributed by atoms with Crippen molar-refractivity contribution in [1.82, 2.24) is 15.2 Å². The van der Waals surface area contributed by atoms with E-state index in [1.807, 2.05) is 6.07 Å². The van der Waals surface area contributed by atoms with E-state index in [4.69, 9.17) is 23.2 Å². The molecule has 1 aliphatic heterocycles. The molecule has 7 heteroatoms. The van der Waals surface area contributed by atoms with Gasteiger partial charge in [0.2, 0.25) is 5.95 Å². The number of nitrogens with one attached hydrogen (secondary N) is 1. The third-order valence-electron chi connectivity index (χ3n) is 3.13. The fourth-order valence-corrected chi connectivity index (χ4v) is 2.43. The third-order valence-corrected chi connectivity index (χ3v) is 3.87. The largest absolute Gasteiger partial charge is 0.339 e. The number of benzene rings is 1. The Morgan fingerprint density at radius 1 is 1.10 bits per heavy atom.